The molecule has 1 rings (SSSR count). The van der Waals surface area contributed by atoms with Crippen LogP contribution in [0.3, 0.4) is 0 Å². The predicted octanol–water partition coefficient (Wildman–Crippen LogP) is 0.337. The number of anilines is 1. The van der Waals surface area contributed by atoms with Crippen molar-refractivity contribution >= 4 is 12.3 Å². The molecule has 0 atom stereocenters. The van der Waals surface area contributed by atoms with Gasteiger partial charge in [-0.25, -0.2) is 4.98 Å². The highest BCUT2D eigenvalue weighted by atomic mass is 16.5. The van der Waals surface area contributed by atoms with E-state index in [0.29, 0.717) is 12.3 Å². The van der Waals surface area contributed by atoms with Crippen molar-refractivity contribution in [1.29, 1.82) is 0 Å². The van der Waals surface area contributed by atoms with Gasteiger partial charge in [-0.05, 0) is 6.07 Å². The zero-order chi connectivity index (χ0) is 8.10. The molecule has 1 heterocycles. The lowest BCUT2D eigenvalue weighted by Crippen LogP contribution is -1.98. The van der Waals surface area contributed by atoms with E-state index in [4.69, 9.17) is 5.73 Å². The average Bonchev–Trinajstić information content (AvgIpc) is 2.03. The van der Waals surface area contributed by atoms with Crippen LogP contribution in [-0.2, 0) is 16.1 Å². The Morgan fingerprint density at radius 2 is 2.55 bits per heavy atom. The van der Waals surface area contributed by atoms with Crippen LogP contribution in [0.15, 0.2) is 18.3 Å². The zero-order valence-corrected chi connectivity index (χ0v) is 5.86. The molecule has 1 aromatic heterocycles. The van der Waals surface area contributed by atoms with E-state index >= 15 is 0 Å². The molecule has 0 aliphatic carbocycles. The fourth-order valence-corrected chi connectivity index (χ4v) is 0.697. The summed E-state index contributed by atoms with van der Waals surface area (Å²) < 4.78 is 4.50. The summed E-state index contributed by atoms with van der Waals surface area (Å²) in [5.74, 6) is 0.398. The molecular weight excluding hydrogens is 144 g/mol. The van der Waals surface area contributed by atoms with Gasteiger partial charge in [0, 0.05) is 11.8 Å². The fraction of sp³-hybridized carbons (Fsp3) is 0.143. The summed E-state index contributed by atoms with van der Waals surface area (Å²) in [6, 6.07) is 3.49. The average molecular weight is 152 g/mol. The molecule has 4 nitrogen and oxygen atoms in total. The van der Waals surface area contributed by atoms with E-state index in [0.717, 1.165) is 5.56 Å². The van der Waals surface area contributed by atoms with Gasteiger partial charge in [0.25, 0.3) is 6.47 Å². The summed E-state index contributed by atoms with van der Waals surface area (Å²) in [5, 5.41) is 0. The topological polar surface area (TPSA) is 65.2 Å². The van der Waals surface area contributed by atoms with Crippen LogP contribution in [0, 0.1) is 0 Å². The van der Waals surface area contributed by atoms with Crippen LogP contribution in [0.5, 0.6) is 0 Å². The molecule has 58 valence electrons. The molecule has 0 aliphatic rings. The number of hydrogen-bond donors (Lipinski definition) is 1. The number of pyridine rings is 1. The van der Waals surface area contributed by atoms with Gasteiger partial charge < -0.3 is 10.5 Å². The first kappa shape index (κ1) is 7.53. The van der Waals surface area contributed by atoms with Gasteiger partial charge in [-0.1, -0.05) is 6.07 Å². The largest absolute Gasteiger partial charge is 0.463 e. The molecule has 0 fully saturated rings. The normalized spacial score (nSPS) is 9.09. The van der Waals surface area contributed by atoms with Crippen LogP contribution >= 0.6 is 0 Å². The molecule has 0 aliphatic heterocycles. The molecule has 11 heavy (non-hydrogen) atoms. The summed E-state index contributed by atoms with van der Waals surface area (Å²) in [7, 11) is 0. The van der Waals surface area contributed by atoms with Crippen LogP contribution in [0.25, 0.3) is 0 Å². The van der Waals surface area contributed by atoms with E-state index in [2.05, 4.69) is 9.72 Å². The molecule has 0 saturated carbocycles. The Hall–Kier alpha value is -1.58. The van der Waals surface area contributed by atoms with Gasteiger partial charge in [0.05, 0.1) is 0 Å². The lowest BCUT2D eigenvalue weighted by atomic mass is 10.3. The SMILES string of the molecule is Nc1ncccc1COC=O. The minimum atomic E-state index is 0.184. The maximum Gasteiger partial charge on any atom is 0.293 e. The first-order chi connectivity index (χ1) is 5.34. The van der Waals surface area contributed by atoms with E-state index in [-0.39, 0.29) is 6.61 Å². The molecule has 0 saturated heterocycles. The van der Waals surface area contributed by atoms with Crippen molar-refractivity contribution in [3.63, 3.8) is 0 Å². The second-order valence-corrected chi connectivity index (χ2v) is 1.95. The van der Waals surface area contributed by atoms with Crippen molar-refractivity contribution < 1.29 is 9.53 Å². The molecule has 2 N–H and O–H groups in total. The summed E-state index contributed by atoms with van der Waals surface area (Å²) >= 11 is 0. The minimum Gasteiger partial charge on any atom is -0.463 e. The molecule has 0 amide bonds. The van der Waals surface area contributed by atoms with E-state index in [9.17, 15) is 4.79 Å². The monoisotopic (exact) mass is 152 g/mol. The molecule has 1 aromatic rings. The second kappa shape index (κ2) is 3.55. The van der Waals surface area contributed by atoms with Crippen molar-refractivity contribution in [2.75, 3.05) is 5.73 Å². The number of carbonyl (C=O) groups is 1. The van der Waals surface area contributed by atoms with Gasteiger partial charge in [0.15, 0.2) is 0 Å². The lowest BCUT2D eigenvalue weighted by Gasteiger charge is -2.00. The van der Waals surface area contributed by atoms with Crippen LogP contribution in [-0.4, -0.2) is 11.5 Å². The Balaban J connectivity index is 2.69. The molecule has 0 radical (unpaired) electrons. The van der Waals surface area contributed by atoms with Crippen molar-refractivity contribution in [3.8, 4) is 0 Å². The number of ether oxygens (including phenoxy) is 1. The third kappa shape index (κ3) is 1.93. The Morgan fingerprint density at radius 3 is 3.18 bits per heavy atom. The highest BCUT2D eigenvalue weighted by Gasteiger charge is 1.96. The minimum absolute atomic E-state index is 0.184. The molecule has 0 bridgehead atoms. The molecular formula is C7H8N2O2. The maximum absolute atomic E-state index is 9.81. The number of nitrogen functional groups attached to an aromatic ring is 1. The van der Waals surface area contributed by atoms with E-state index in [1.165, 1.54) is 0 Å². The van der Waals surface area contributed by atoms with E-state index in [1.54, 1.807) is 18.3 Å². The maximum atomic E-state index is 9.81. The van der Waals surface area contributed by atoms with Gasteiger partial charge in [0.2, 0.25) is 0 Å². The quantitative estimate of drug-likeness (QED) is 0.634. The Kier molecular flexibility index (Phi) is 2.43. The van der Waals surface area contributed by atoms with Crippen molar-refractivity contribution in [2.45, 2.75) is 6.61 Å². The van der Waals surface area contributed by atoms with Crippen molar-refractivity contribution in [1.82, 2.24) is 4.98 Å². The van der Waals surface area contributed by atoms with E-state index < -0.39 is 0 Å². The van der Waals surface area contributed by atoms with Gasteiger partial charge in [0.1, 0.15) is 12.4 Å². The highest BCUT2D eigenvalue weighted by molar-refractivity contribution is 5.41. The standard InChI is InChI=1S/C7H8N2O2/c8-7-6(4-11-5-10)2-1-3-9-7/h1-3,5H,4H2,(H2,8,9). The first-order valence-corrected chi connectivity index (χ1v) is 3.09. The van der Waals surface area contributed by atoms with Crippen molar-refractivity contribution in [3.05, 3.63) is 23.9 Å². The lowest BCUT2D eigenvalue weighted by molar-refractivity contribution is -0.129. The second-order valence-electron chi connectivity index (χ2n) is 1.95. The fourth-order valence-electron chi connectivity index (χ4n) is 0.697. The number of rotatable bonds is 3. The number of nitrogens with zero attached hydrogens (tertiary/aromatic N) is 1. The smallest absolute Gasteiger partial charge is 0.293 e. The summed E-state index contributed by atoms with van der Waals surface area (Å²) in [6.45, 7) is 0.565. The van der Waals surface area contributed by atoms with Gasteiger partial charge in [-0.2, -0.15) is 0 Å². The highest BCUT2D eigenvalue weighted by Crippen LogP contribution is 2.06. The Morgan fingerprint density at radius 1 is 1.73 bits per heavy atom. The Bertz CT molecular complexity index is 250. The number of nitrogens with two attached hydrogens (primary N) is 1. The summed E-state index contributed by atoms with van der Waals surface area (Å²) in [5.41, 5.74) is 6.18. The molecule has 0 unspecified atom stereocenters. The van der Waals surface area contributed by atoms with Gasteiger partial charge in [-0.15, -0.1) is 0 Å². The van der Waals surface area contributed by atoms with Crippen LogP contribution in [0.4, 0.5) is 5.82 Å². The van der Waals surface area contributed by atoms with Crippen LogP contribution in [0.2, 0.25) is 0 Å². The van der Waals surface area contributed by atoms with Crippen LogP contribution < -0.4 is 5.73 Å². The third-order valence-electron chi connectivity index (χ3n) is 1.23. The number of aromatic nitrogens is 1. The zero-order valence-electron chi connectivity index (χ0n) is 5.86. The summed E-state index contributed by atoms with van der Waals surface area (Å²) in [6.07, 6.45) is 1.58. The number of hydrogen-bond acceptors (Lipinski definition) is 4. The van der Waals surface area contributed by atoms with Crippen LogP contribution in [0.1, 0.15) is 5.56 Å². The summed E-state index contributed by atoms with van der Waals surface area (Å²) in [4.78, 5) is 13.6. The first-order valence-electron chi connectivity index (χ1n) is 3.09. The Labute approximate surface area is 64.0 Å². The molecule has 0 spiro atoms. The van der Waals surface area contributed by atoms with Gasteiger partial charge >= 0.3 is 0 Å². The molecule has 4 heteroatoms. The van der Waals surface area contributed by atoms with Crippen molar-refractivity contribution in [2.24, 2.45) is 0 Å². The molecule has 0 aromatic carbocycles. The van der Waals surface area contributed by atoms with Gasteiger partial charge in [-0.3, -0.25) is 4.79 Å². The third-order valence-corrected chi connectivity index (χ3v) is 1.23. The number of carbonyl (C=O) groups excluding carboxylic acids is 1. The predicted molar refractivity (Wildman–Crippen MR) is 39.5 cm³/mol. The van der Waals surface area contributed by atoms with E-state index in [1.807, 2.05) is 0 Å².